The summed E-state index contributed by atoms with van der Waals surface area (Å²) in [5, 5.41) is 10.1. The summed E-state index contributed by atoms with van der Waals surface area (Å²) in [4.78, 5) is 2.39. The Labute approximate surface area is 104 Å². The van der Waals surface area contributed by atoms with Crippen molar-refractivity contribution in [2.45, 2.75) is 38.2 Å². The molecule has 1 atom stereocenters. The summed E-state index contributed by atoms with van der Waals surface area (Å²) in [7, 11) is 0. The molecule has 4 heteroatoms. The largest absolute Gasteiger partial charge is 0.389 e. The Morgan fingerprint density at radius 2 is 2.00 bits per heavy atom. The van der Waals surface area contributed by atoms with Gasteiger partial charge in [-0.15, -0.1) is 0 Å². The lowest BCUT2D eigenvalue weighted by atomic mass is 9.79. The third kappa shape index (κ3) is 3.41. The molecule has 4 nitrogen and oxygen atoms in total. The molecule has 100 valence electrons. The van der Waals surface area contributed by atoms with Crippen LogP contribution in [0.3, 0.4) is 0 Å². The number of rotatable bonds is 3. The van der Waals surface area contributed by atoms with Crippen molar-refractivity contribution >= 4 is 0 Å². The molecule has 0 amide bonds. The fourth-order valence-corrected chi connectivity index (χ4v) is 3.16. The molecule has 17 heavy (non-hydrogen) atoms. The van der Waals surface area contributed by atoms with Crippen LogP contribution in [0.5, 0.6) is 0 Å². The first-order chi connectivity index (χ1) is 8.05. The summed E-state index contributed by atoms with van der Waals surface area (Å²) in [5.74, 6) is 0. The van der Waals surface area contributed by atoms with E-state index in [1.807, 2.05) is 6.92 Å². The minimum Gasteiger partial charge on any atom is -0.389 e. The number of nitrogens with zero attached hydrogens (tertiary/aromatic N) is 1. The zero-order valence-corrected chi connectivity index (χ0v) is 11.0. The van der Waals surface area contributed by atoms with E-state index in [0.717, 1.165) is 65.1 Å². The van der Waals surface area contributed by atoms with E-state index in [4.69, 9.17) is 10.5 Å². The predicted octanol–water partition coefficient (Wildman–Crippen LogP) is 0.589. The van der Waals surface area contributed by atoms with Gasteiger partial charge < -0.3 is 15.6 Å². The van der Waals surface area contributed by atoms with Crippen LogP contribution in [0.4, 0.5) is 0 Å². The number of nitrogens with two attached hydrogens (primary N) is 1. The van der Waals surface area contributed by atoms with Gasteiger partial charge in [-0.1, -0.05) is 0 Å². The summed E-state index contributed by atoms with van der Waals surface area (Å²) in [6.45, 7) is 7.24. The van der Waals surface area contributed by atoms with Gasteiger partial charge in [0, 0.05) is 26.3 Å². The Balaban J connectivity index is 1.93. The number of likely N-dealkylation sites (tertiary alicyclic amines) is 1. The molecule has 0 aliphatic carbocycles. The van der Waals surface area contributed by atoms with Gasteiger partial charge in [-0.2, -0.15) is 0 Å². The average molecular weight is 242 g/mol. The van der Waals surface area contributed by atoms with Crippen molar-refractivity contribution in [2.75, 3.05) is 39.4 Å². The molecule has 0 aromatic heterocycles. The lowest BCUT2D eigenvalue weighted by Gasteiger charge is -2.44. The van der Waals surface area contributed by atoms with Gasteiger partial charge in [0.15, 0.2) is 0 Å². The molecule has 1 unspecified atom stereocenters. The molecular formula is C13H26N2O2. The average Bonchev–Trinajstić information content (AvgIpc) is 2.29. The summed E-state index contributed by atoms with van der Waals surface area (Å²) in [6.07, 6.45) is 4.12. The lowest BCUT2D eigenvalue weighted by Crippen LogP contribution is -2.52. The highest BCUT2D eigenvalue weighted by Gasteiger charge is 2.36. The number of hydrogen-bond acceptors (Lipinski definition) is 4. The second-order valence-electron chi connectivity index (χ2n) is 6.13. The Kier molecular flexibility index (Phi) is 4.08. The van der Waals surface area contributed by atoms with Crippen molar-refractivity contribution in [1.29, 1.82) is 0 Å². The highest BCUT2D eigenvalue weighted by atomic mass is 16.5. The summed E-state index contributed by atoms with van der Waals surface area (Å²) < 4.78 is 5.43. The van der Waals surface area contributed by atoms with Crippen molar-refractivity contribution in [2.24, 2.45) is 11.1 Å². The van der Waals surface area contributed by atoms with Crippen molar-refractivity contribution in [3.63, 3.8) is 0 Å². The van der Waals surface area contributed by atoms with E-state index in [1.54, 1.807) is 0 Å². The van der Waals surface area contributed by atoms with Crippen LogP contribution in [0.15, 0.2) is 0 Å². The van der Waals surface area contributed by atoms with E-state index >= 15 is 0 Å². The number of aliphatic hydroxyl groups is 1. The Hall–Kier alpha value is -0.160. The van der Waals surface area contributed by atoms with Gasteiger partial charge in [0.05, 0.1) is 5.60 Å². The minimum atomic E-state index is -0.515. The van der Waals surface area contributed by atoms with E-state index in [9.17, 15) is 5.11 Å². The second-order valence-corrected chi connectivity index (χ2v) is 6.13. The third-order valence-electron chi connectivity index (χ3n) is 4.30. The maximum atomic E-state index is 10.1. The fourth-order valence-electron chi connectivity index (χ4n) is 3.16. The number of ether oxygens (including phenoxy) is 1. The molecule has 2 heterocycles. The molecule has 0 spiro atoms. The lowest BCUT2D eigenvalue weighted by molar-refractivity contribution is -0.0477. The molecule has 2 saturated heterocycles. The highest BCUT2D eigenvalue weighted by molar-refractivity contribution is 4.90. The molecule has 0 aromatic rings. The van der Waals surface area contributed by atoms with E-state index in [2.05, 4.69) is 4.90 Å². The molecule has 2 fully saturated rings. The predicted molar refractivity (Wildman–Crippen MR) is 67.8 cm³/mol. The second kappa shape index (κ2) is 5.22. The molecular weight excluding hydrogens is 216 g/mol. The molecule has 0 aromatic carbocycles. The Morgan fingerprint density at radius 1 is 1.29 bits per heavy atom. The van der Waals surface area contributed by atoms with Crippen LogP contribution in [0.1, 0.15) is 32.6 Å². The van der Waals surface area contributed by atoms with Gasteiger partial charge >= 0.3 is 0 Å². The van der Waals surface area contributed by atoms with Crippen LogP contribution in [0, 0.1) is 5.41 Å². The van der Waals surface area contributed by atoms with Crippen molar-refractivity contribution in [3.8, 4) is 0 Å². The molecule has 0 bridgehead atoms. The van der Waals surface area contributed by atoms with Crippen molar-refractivity contribution in [3.05, 3.63) is 0 Å². The van der Waals surface area contributed by atoms with Crippen LogP contribution in [0.25, 0.3) is 0 Å². The van der Waals surface area contributed by atoms with Crippen LogP contribution in [0.2, 0.25) is 0 Å². The zero-order chi connectivity index (χ0) is 12.4. The quantitative estimate of drug-likeness (QED) is 0.760. The molecule has 3 N–H and O–H groups in total. The van der Waals surface area contributed by atoms with Gasteiger partial charge in [0.1, 0.15) is 0 Å². The first kappa shape index (κ1) is 13.3. The smallest absolute Gasteiger partial charge is 0.0746 e. The normalized spacial score (nSPS) is 34.8. The van der Waals surface area contributed by atoms with Gasteiger partial charge in [0.2, 0.25) is 0 Å². The SMILES string of the molecule is CC1(O)CCCN(CC2(CN)CCOCC2)C1. The number of hydrogen-bond donors (Lipinski definition) is 2. The van der Waals surface area contributed by atoms with E-state index in [-0.39, 0.29) is 5.41 Å². The highest BCUT2D eigenvalue weighted by Crippen LogP contribution is 2.32. The molecule has 2 aliphatic heterocycles. The van der Waals surface area contributed by atoms with Crippen molar-refractivity contribution < 1.29 is 9.84 Å². The van der Waals surface area contributed by atoms with E-state index in [1.165, 1.54) is 0 Å². The maximum Gasteiger partial charge on any atom is 0.0746 e. The van der Waals surface area contributed by atoms with Crippen LogP contribution >= 0.6 is 0 Å². The van der Waals surface area contributed by atoms with Gasteiger partial charge in [-0.25, -0.2) is 0 Å². The first-order valence-corrected chi connectivity index (χ1v) is 6.78. The first-order valence-electron chi connectivity index (χ1n) is 6.78. The van der Waals surface area contributed by atoms with Crippen LogP contribution in [-0.2, 0) is 4.74 Å². The monoisotopic (exact) mass is 242 g/mol. The molecule has 2 aliphatic rings. The van der Waals surface area contributed by atoms with Gasteiger partial charge in [-0.3, -0.25) is 4.90 Å². The maximum absolute atomic E-state index is 10.1. The molecule has 0 radical (unpaired) electrons. The van der Waals surface area contributed by atoms with E-state index < -0.39 is 5.60 Å². The fraction of sp³-hybridized carbons (Fsp3) is 1.00. The Bertz CT molecular complexity index is 250. The summed E-state index contributed by atoms with van der Waals surface area (Å²) in [6, 6.07) is 0. The summed E-state index contributed by atoms with van der Waals surface area (Å²) in [5.41, 5.74) is 5.68. The topological polar surface area (TPSA) is 58.7 Å². The minimum absolute atomic E-state index is 0.214. The van der Waals surface area contributed by atoms with Crippen LogP contribution in [-0.4, -0.2) is 55.0 Å². The molecule has 0 saturated carbocycles. The standard InChI is InChI=1S/C13H26N2O2/c1-12(16)3-2-6-15(10-12)11-13(9-14)4-7-17-8-5-13/h16H,2-11,14H2,1H3. The van der Waals surface area contributed by atoms with Crippen LogP contribution < -0.4 is 5.73 Å². The Morgan fingerprint density at radius 3 is 2.59 bits per heavy atom. The third-order valence-corrected chi connectivity index (χ3v) is 4.30. The number of piperidine rings is 1. The van der Waals surface area contributed by atoms with Crippen molar-refractivity contribution in [1.82, 2.24) is 4.90 Å². The number of β-amino-alcohol motifs (C(OH)–C–C–N with tert-alkyl or cyclic N) is 1. The van der Waals surface area contributed by atoms with Gasteiger partial charge in [-0.05, 0) is 51.1 Å². The van der Waals surface area contributed by atoms with E-state index in [0.29, 0.717) is 0 Å². The molecule has 2 rings (SSSR count). The summed E-state index contributed by atoms with van der Waals surface area (Å²) >= 11 is 0. The van der Waals surface area contributed by atoms with Gasteiger partial charge in [0.25, 0.3) is 0 Å². The zero-order valence-electron chi connectivity index (χ0n) is 11.0.